The summed E-state index contributed by atoms with van der Waals surface area (Å²) in [4.78, 5) is 31.1. The van der Waals surface area contributed by atoms with Crippen LogP contribution in [-0.2, 0) is 9.59 Å². The van der Waals surface area contributed by atoms with Gasteiger partial charge >= 0.3 is 11.9 Å². The quantitative estimate of drug-likeness (QED) is 0.467. The minimum absolute atomic E-state index is 0.0160. The molecule has 0 saturated heterocycles. The number of rotatable bonds is 4. The van der Waals surface area contributed by atoms with Crippen LogP contribution in [0.2, 0.25) is 0 Å². The maximum absolute atomic E-state index is 10.6. The molecule has 1 N–H and O–H groups in total. The molecule has 1 aromatic rings. The Kier molecular flexibility index (Phi) is 7.09. The third kappa shape index (κ3) is 9.17. The highest BCUT2D eigenvalue weighted by Gasteiger charge is 2.11. The average Bonchev–Trinajstić information content (AvgIpc) is 2.25. The minimum Gasteiger partial charge on any atom is -0.544 e. The second-order valence-electron chi connectivity index (χ2n) is 5.22. The standard InChI is InChI=1S/C9H8O4.C5H11NO2/c1-6(10)13-8-5-3-2-4-7(8)9(11)12;1-6(2,3)4-5(7)8/h2-5H,1H3,(H,11,12);4H2,1-3H3. The maximum atomic E-state index is 10.6. The first-order valence-corrected chi connectivity index (χ1v) is 6.04. The van der Waals surface area contributed by atoms with Gasteiger partial charge in [-0.3, -0.25) is 4.79 Å². The summed E-state index contributed by atoms with van der Waals surface area (Å²) in [7, 11) is 5.40. The molecule has 0 fully saturated rings. The Morgan fingerprint density at radius 2 is 1.71 bits per heavy atom. The lowest BCUT2D eigenvalue weighted by Gasteiger charge is -2.23. The molecular weight excluding hydrogens is 278 g/mol. The van der Waals surface area contributed by atoms with Crippen molar-refractivity contribution in [2.45, 2.75) is 6.92 Å². The fourth-order valence-corrected chi connectivity index (χ4v) is 1.27. The molecule has 0 aromatic heterocycles. The summed E-state index contributed by atoms with van der Waals surface area (Å²) in [5.41, 5.74) is -0.0160. The maximum Gasteiger partial charge on any atom is 0.339 e. The first-order valence-electron chi connectivity index (χ1n) is 6.04. The van der Waals surface area contributed by atoms with Gasteiger partial charge in [0.2, 0.25) is 0 Å². The molecule has 0 bridgehead atoms. The number of carbonyl (C=O) groups is 3. The zero-order chi connectivity index (χ0) is 16.6. The molecule has 0 aliphatic rings. The molecule has 7 heteroatoms. The first kappa shape index (κ1) is 18.6. The van der Waals surface area contributed by atoms with Crippen molar-refractivity contribution in [2.24, 2.45) is 0 Å². The predicted octanol–water partition coefficient (Wildman–Crippen LogP) is -0.247. The summed E-state index contributed by atoms with van der Waals surface area (Å²) in [6.45, 7) is 1.29. The molecule has 1 rings (SSSR count). The van der Waals surface area contributed by atoms with Crippen LogP contribution in [0, 0.1) is 0 Å². The third-order valence-electron chi connectivity index (χ3n) is 1.97. The number of carboxylic acids is 2. The summed E-state index contributed by atoms with van der Waals surface area (Å²) in [5, 5.41) is 18.6. The molecule has 0 heterocycles. The zero-order valence-electron chi connectivity index (χ0n) is 12.5. The van der Waals surface area contributed by atoms with E-state index in [1.54, 1.807) is 33.3 Å². The Labute approximate surface area is 123 Å². The van der Waals surface area contributed by atoms with Gasteiger partial charge in [-0.05, 0) is 12.1 Å². The van der Waals surface area contributed by atoms with Crippen LogP contribution in [0.5, 0.6) is 5.75 Å². The van der Waals surface area contributed by atoms with Crippen molar-refractivity contribution >= 4 is 17.9 Å². The largest absolute Gasteiger partial charge is 0.544 e. The summed E-state index contributed by atoms with van der Waals surface area (Å²) in [6.07, 6.45) is 0. The normalized spacial score (nSPS) is 10.1. The Bertz CT molecular complexity index is 518. The Balaban J connectivity index is 0.000000433. The van der Waals surface area contributed by atoms with Gasteiger partial charge in [0.05, 0.1) is 27.1 Å². The van der Waals surface area contributed by atoms with Gasteiger partial charge in [0, 0.05) is 6.92 Å². The van der Waals surface area contributed by atoms with E-state index in [0.717, 1.165) is 0 Å². The van der Waals surface area contributed by atoms with Crippen molar-refractivity contribution in [3.8, 4) is 5.75 Å². The highest BCUT2D eigenvalue weighted by molar-refractivity contribution is 5.91. The van der Waals surface area contributed by atoms with Gasteiger partial charge < -0.3 is 24.2 Å². The zero-order valence-corrected chi connectivity index (χ0v) is 12.5. The molecule has 0 radical (unpaired) electrons. The molecule has 0 saturated carbocycles. The molecule has 0 aliphatic heterocycles. The highest BCUT2D eigenvalue weighted by Crippen LogP contribution is 2.17. The van der Waals surface area contributed by atoms with Gasteiger partial charge in [0.1, 0.15) is 17.9 Å². The van der Waals surface area contributed by atoms with E-state index in [4.69, 9.17) is 5.11 Å². The van der Waals surface area contributed by atoms with Gasteiger partial charge in [-0.25, -0.2) is 4.79 Å². The number of likely N-dealkylation sites (N-methyl/N-ethyl adjacent to an activating group) is 1. The monoisotopic (exact) mass is 297 g/mol. The summed E-state index contributed by atoms with van der Waals surface area (Å²) in [5.74, 6) is -2.58. The number of benzene rings is 1. The van der Waals surface area contributed by atoms with Crippen LogP contribution in [0.4, 0.5) is 0 Å². The SMILES string of the molecule is CC(=O)Oc1ccccc1C(=O)O.C[N+](C)(C)CC(=O)[O-]. The van der Waals surface area contributed by atoms with E-state index < -0.39 is 17.9 Å². The smallest absolute Gasteiger partial charge is 0.339 e. The van der Waals surface area contributed by atoms with Crippen LogP contribution in [-0.4, -0.2) is 55.2 Å². The summed E-state index contributed by atoms with van der Waals surface area (Å²) < 4.78 is 5.11. The van der Waals surface area contributed by atoms with Crippen LogP contribution in [0.3, 0.4) is 0 Å². The van der Waals surface area contributed by atoms with Crippen LogP contribution in [0.15, 0.2) is 24.3 Å². The number of para-hydroxylation sites is 1. The Hall–Kier alpha value is -2.41. The van der Waals surface area contributed by atoms with Crippen molar-refractivity contribution in [3.63, 3.8) is 0 Å². The topological polar surface area (TPSA) is 104 Å². The number of hydrogen-bond acceptors (Lipinski definition) is 5. The van der Waals surface area contributed by atoms with Crippen molar-refractivity contribution in [3.05, 3.63) is 29.8 Å². The van der Waals surface area contributed by atoms with Crippen molar-refractivity contribution < 1.29 is 33.8 Å². The van der Waals surface area contributed by atoms with Gasteiger partial charge in [-0.1, -0.05) is 12.1 Å². The van der Waals surface area contributed by atoms with E-state index in [-0.39, 0.29) is 17.9 Å². The molecule has 1 aromatic carbocycles. The molecular formula is C14H19NO6. The third-order valence-corrected chi connectivity index (χ3v) is 1.97. The van der Waals surface area contributed by atoms with Gasteiger partial charge in [0.15, 0.2) is 0 Å². The van der Waals surface area contributed by atoms with Crippen molar-refractivity contribution in [1.82, 2.24) is 0 Å². The predicted molar refractivity (Wildman–Crippen MR) is 72.6 cm³/mol. The fourth-order valence-electron chi connectivity index (χ4n) is 1.27. The number of hydrogen-bond donors (Lipinski definition) is 1. The number of ether oxygens (including phenoxy) is 1. The number of carboxylic acid groups (broad SMARTS) is 2. The molecule has 0 amide bonds. The van der Waals surface area contributed by atoms with Crippen LogP contribution >= 0.6 is 0 Å². The molecule has 0 spiro atoms. The Morgan fingerprint density at radius 1 is 1.19 bits per heavy atom. The number of nitrogens with zero attached hydrogens (tertiary/aromatic N) is 1. The summed E-state index contributed by atoms with van der Waals surface area (Å²) >= 11 is 0. The van der Waals surface area contributed by atoms with E-state index in [0.29, 0.717) is 4.48 Å². The molecule has 7 nitrogen and oxygen atoms in total. The van der Waals surface area contributed by atoms with Crippen LogP contribution in [0.1, 0.15) is 17.3 Å². The number of aromatic carboxylic acids is 1. The molecule has 0 aliphatic carbocycles. The fraction of sp³-hybridized carbons (Fsp3) is 0.357. The molecule has 116 valence electrons. The van der Waals surface area contributed by atoms with Crippen LogP contribution in [0.25, 0.3) is 0 Å². The second-order valence-corrected chi connectivity index (χ2v) is 5.22. The average molecular weight is 297 g/mol. The van der Waals surface area contributed by atoms with E-state index in [1.165, 1.54) is 19.1 Å². The lowest BCUT2D eigenvalue weighted by molar-refractivity contribution is -0.864. The Morgan fingerprint density at radius 3 is 2.05 bits per heavy atom. The van der Waals surface area contributed by atoms with E-state index in [9.17, 15) is 19.5 Å². The van der Waals surface area contributed by atoms with E-state index >= 15 is 0 Å². The summed E-state index contributed by atoms with van der Waals surface area (Å²) in [6, 6.07) is 5.98. The van der Waals surface area contributed by atoms with Gasteiger partial charge in [-0.2, -0.15) is 0 Å². The van der Waals surface area contributed by atoms with Crippen molar-refractivity contribution in [2.75, 3.05) is 27.7 Å². The minimum atomic E-state index is -1.11. The highest BCUT2D eigenvalue weighted by atomic mass is 16.5. The second kappa shape index (κ2) is 8.01. The van der Waals surface area contributed by atoms with E-state index in [2.05, 4.69) is 4.74 Å². The lowest BCUT2D eigenvalue weighted by Crippen LogP contribution is -2.45. The van der Waals surface area contributed by atoms with Gasteiger partial charge in [-0.15, -0.1) is 0 Å². The molecule has 0 atom stereocenters. The first-order chi connectivity index (χ1) is 9.53. The van der Waals surface area contributed by atoms with Crippen LogP contribution < -0.4 is 9.84 Å². The lowest BCUT2D eigenvalue weighted by atomic mass is 10.2. The number of aliphatic carboxylic acids is 1. The number of quaternary nitrogens is 1. The van der Waals surface area contributed by atoms with Crippen molar-refractivity contribution in [1.29, 1.82) is 0 Å². The van der Waals surface area contributed by atoms with Gasteiger partial charge in [0.25, 0.3) is 0 Å². The molecule has 21 heavy (non-hydrogen) atoms. The number of carbonyl (C=O) groups excluding carboxylic acids is 2. The van der Waals surface area contributed by atoms with E-state index in [1.807, 2.05) is 0 Å². The molecule has 0 unspecified atom stereocenters. The number of esters is 1.